The Labute approximate surface area is 123 Å². The zero-order valence-corrected chi connectivity index (χ0v) is 14.5. The average molecular weight is 304 g/mol. The van der Waals surface area contributed by atoms with Crippen LogP contribution in [0.4, 0.5) is 0 Å². The molecule has 0 saturated heterocycles. The van der Waals surface area contributed by atoms with Gasteiger partial charge in [0.15, 0.2) is 5.73 Å². The molecule has 6 heteroatoms. The molecular formula is C14H28O5Si. The van der Waals surface area contributed by atoms with Gasteiger partial charge in [-0.05, 0) is 33.6 Å². The van der Waals surface area contributed by atoms with Crippen molar-refractivity contribution < 1.29 is 22.8 Å². The third-order valence-corrected chi connectivity index (χ3v) is 6.13. The van der Waals surface area contributed by atoms with E-state index in [1.54, 1.807) is 6.92 Å². The van der Waals surface area contributed by atoms with Crippen molar-refractivity contribution in [2.24, 2.45) is 5.92 Å². The zero-order valence-electron chi connectivity index (χ0n) is 13.5. The monoisotopic (exact) mass is 304 g/mol. The molecule has 0 aromatic heterocycles. The predicted octanol–water partition coefficient (Wildman–Crippen LogP) is 2.72. The highest BCUT2D eigenvalue weighted by Gasteiger charge is 2.53. The maximum Gasteiger partial charge on any atom is 0.544 e. The number of carbonyl (C=O) groups is 1. The van der Waals surface area contributed by atoms with E-state index in [0.717, 1.165) is 0 Å². The lowest BCUT2D eigenvalue weighted by atomic mass is 10.2. The highest BCUT2D eigenvalue weighted by Crippen LogP contribution is 2.25. The molecule has 118 valence electrons. The van der Waals surface area contributed by atoms with E-state index in [1.807, 2.05) is 34.6 Å². The second kappa shape index (κ2) is 9.28. The molecule has 0 radical (unpaired) electrons. The number of esters is 1. The average Bonchev–Trinajstić information content (AvgIpc) is 2.35. The number of hydrogen-bond donors (Lipinski definition) is 0. The number of rotatable bonds is 10. The summed E-state index contributed by atoms with van der Waals surface area (Å²) in [6.07, 6.45) is 0. The van der Waals surface area contributed by atoms with Gasteiger partial charge in [0.2, 0.25) is 0 Å². The molecule has 0 rings (SSSR count). The third-order valence-electron chi connectivity index (χ3n) is 2.57. The molecule has 0 saturated carbocycles. The van der Waals surface area contributed by atoms with Crippen LogP contribution in [0, 0.1) is 5.92 Å². The maximum atomic E-state index is 11.9. The topological polar surface area (TPSA) is 54.0 Å². The Hall–Kier alpha value is -0.693. The van der Waals surface area contributed by atoms with Crippen LogP contribution >= 0.6 is 0 Å². The number of carbonyl (C=O) groups excluding carboxylic acids is 1. The molecule has 0 aromatic carbocycles. The zero-order chi connectivity index (χ0) is 15.8. The van der Waals surface area contributed by atoms with Gasteiger partial charge in [-0.1, -0.05) is 20.4 Å². The first-order chi connectivity index (χ1) is 9.34. The molecule has 0 spiro atoms. The highest BCUT2D eigenvalue weighted by molar-refractivity contribution is 6.62. The molecule has 0 fully saturated rings. The predicted molar refractivity (Wildman–Crippen MR) is 80.2 cm³/mol. The van der Waals surface area contributed by atoms with E-state index in [2.05, 4.69) is 6.58 Å². The summed E-state index contributed by atoms with van der Waals surface area (Å²) < 4.78 is 23.0. The van der Waals surface area contributed by atoms with Crippen LogP contribution in [0.3, 0.4) is 0 Å². The second-order valence-corrected chi connectivity index (χ2v) is 7.40. The first kappa shape index (κ1) is 19.3. The van der Waals surface area contributed by atoms with Crippen molar-refractivity contribution >= 4 is 14.8 Å². The van der Waals surface area contributed by atoms with Crippen LogP contribution in [0.25, 0.3) is 0 Å². The number of ether oxygens (including phenoxy) is 1. The van der Waals surface area contributed by atoms with Crippen molar-refractivity contribution in [1.29, 1.82) is 0 Å². The maximum absolute atomic E-state index is 11.9. The van der Waals surface area contributed by atoms with E-state index in [4.69, 9.17) is 18.0 Å². The summed E-state index contributed by atoms with van der Waals surface area (Å²) in [5.41, 5.74) is -0.186. The molecule has 0 amide bonds. The summed E-state index contributed by atoms with van der Waals surface area (Å²) >= 11 is 0. The lowest BCUT2D eigenvalue weighted by Crippen LogP contribution is -2.60. The smallest absolute Gasteiger partial charge is 0.454 e. The van der Waals surface area contributed by atoms with Gasteiger partial charge >= 0.3 is 14.8 Å². The van der Waals surface area contributed by atoms with Crippen LogP contribution in [0.5, 0.6) is 0 Å². The Morgan fingerprint density at radius 3 is 1.70 bits per heavy atom. The Kier molecular flexibility index (Phi) is 8.96. The molecule has 0 aliphatic rings. The van der Waals surface area contributed by atoms with Gasteiger partial charge in [0, 0.05) is 25.4 Å². The molecule has 0 aliphatic carbocycles. The van der Waals surface area contributed by atoms with Crippen molar-refractivity contribution in [3.05, 3.63) is 12.2 Å². The third kappa shape index (κ3) is 5.36. The van der Waals surface area contributed by atoms with Gasteiger partial charge < -0.3 is 18.0 Å². The first-order valence-corrected chi connectivity index (χ1v) is 8.93. The Morgan fingerprint density at radius 2 is 1.45 bits per heavy atom. The van der Waals surface area contributed by atoms with Crippen LogP contribution in [-0.4, -0.2) is 40.3 Å². The van der Waals surface area contributed by atoms with Crippen molar-refractivity contribution in [1.82, 2.24) is 0 Å². The summed E-state index contributed by atoms with van der Waals surface area (Å²) in [6, 6.07) is 0. The summed E-state index contributed by atoms with van der Waals surface area (Å²) in [5, 5.41) is 0. The van der Waals surface area contributed by atoms with Crippen molar-refractivity contribution in [3.63, 3.8) is 0 Å². The van der Waals surface area contributed by atoms with Crippen LogP contribution in [-0.2, 0) is 22.8 Å². The molecule has 5 nitrogen and oxygen atoms in total. The Morgan fingerprint density at radius 1 is 1.05 bits per heavy atom. The van der Waals surface area contributed by atoms with Gasteiger partial charge in [0.05, 0.1) is 0 Å². The van der Waals surface area contributed by atoms with E-state index >= 15 is 0 Å². The lowest BCUT2D eigenvalue weighted by molar-refractivity contribution is -0.146. The van der Waals surface area contributed by atoms with Gasteiger partial charge in [-0.15, -0.1) is 0 Å². The molecule has 20 heavy (non-hydrogen) atoms. The minimum absolute atomic E-state index is 0.0228. The minimum Gasteiger partial charge on any atom is -0.454 e. The van der Waals surface area contributed by atoms with Crippen molar-refractivity contribution in [2.75, 3.05) is 19.8 Å². The van der Waals surface area contributed by atoms with Crippen molar-refractivity contribution in [3.8, 4) is 0 Å². The Bertz CT molecular complexity index is 300. The van der Waals surface area contributed by atoms with Gasteiger partial charge in [-0.25, -0.2) is 4.79 Å². The normalized spacial score (nSPS) is 13.3. The minimum atomic E-state index is -3.08. The summed E-state index contributed by atoms with van der Waals surface area (Å²) in [4.78, 5) is 11.9. The van der Waals surface area contributed by atoms with E-state index < -0.39 is 20.5 Å². The van der Waals surface area contributed by atoms with Crippen LogP contribution < -0.4 is 0 Å². The highest BCUT2D eigenvalue weighted by atomic mass is 28.4. The summed E-state index contributed by atoms with van der Waals surface area (Å²) in [7, 11) is -3.08. The second-order valence-electron chi connectivity index (χ2n) is 4.75. The fourth-order valence-corrected chi connectivity index (χ4v) is 4.83. The lowest BCUT2D eigenvalue weighted by Gasteiger charge is -2.36. The SMILES string of the molecule is C=C(C)C(=O)OC(C(C)C)[Si](OCC)(OCC)OCC. The molecule has 1 unspecified atom stereocenters. The fraction of sp³-hybridized carbons (Fsp3) is 0.786. The fourth-order valence-electron chi connectivity index (χ4n) is 1.81. The molecule has 1 atom stereocenters. The van der Waals surface area contributed by atoms with Crippen molar-refractivity contribution in [2.45, 2.75) is 47.3 Å². The quantitative estimate of drug-likeness (QED) is 0.353. The van der Waals surface area contributed by atoms with E-state index in [9.17, 15) is 4.79 Å². The van der Waals surface area contributed by atoms with Crippen LogP contribution in [0.2, 0.25) is 0 Å². The molecule has 0 N–H and O–H groups in total. The van der Waals surface area contributed by atoms with E-state index in [1.165, 1.54) is 0 Å². The van der Waals surface area contributed by atoms with E-state index in [-0.39, 0.29) is 5.92 Å². The molecule has 0 aromatic rings. The largest absolute Gasteiger partial charge is 0.544 e. The molecule has 0 aliphatic heterocycles. The van der Waals surface area contributed by atoms with Crippen LogP contribution in [0.1, 0.15) is 41.5 Å². The summed E-state index contributed by atoms with van der Waals surface area (Å²) in [6.45, 7) is 16.1. The number of hydrogen-bond acceptors (Lipinski definition) is 5. The summed E-state index contributed by atoms with van der Waals surface area (Å²) in [5.74, 6) is -0.422. The van der Waals surface area contributed by atoms with Gasteiger partial charge in [-0.3, -0.25) is 0 Å². The van der Waals surface area contributed by atoms with E-state index in [0.29, 0.717) is 25.4 Å². The first-order valence-electron chi connectivity index (χ1n) is 7.12. The Balaban J connectivity index is 5.37. The van der Waals surface area contributed by atoms with Crippen LogP contribution in [0.15, 0.2) is 12.2 Å². The molecule has 0 heterocycles. The molecular weight excluding hydrogens is 276 g/mol. The standard InChI is InChI=1S/C14H28O5Si/c1-8-16-20(17-9-2,18-10-3)14(12(6)7)19-13(15)11(4)5/h12,14H,4,8-10H2,1-3,5-7H3. The van der Waals surface area contributed by atoms with Gasteiger partial charge in [0.25, 0.3) is 0 Å². The van der Waals surface area contributed by atoms with Gasteiger partial charge in [-0.2, -0.15) is 0 Å². The molecule has 0 bridgehead atoms. The van der Waals surface area contributed by atoms with Gasteiger partial charge in [0.1, 0.15) is 0 Å².